The maximum atomic E-state index is 6.04. The topological polar surface area (TPSA) is 63.8 Å². The smallest absolute Gasteiger partial charge is 0.138 e. The van der Waals surface area contributed by atoms with Gasteiger partial charge in [0.2, 0.25) is 0 Å². The summed E-state index contributed by atoms with van der Waals surface area (Å²) in [7, 11) is 0. The second kappa shape index (κ2) is 5.23. The molecule has 4 heteroatoms. The normalized spacial score (nSPS) is 18.2. The monoisotopic (exact) mass is 276 g/mol. The lowest BCUT2D eigenvalue weighted by molar-refractivity contribution is 0.361. The molecule has 0 aliphatic heterocycles. The molecule has 2 rings (SSSR count). The minimum absolute atomic E-state index is 0.0878. The summed E-state index contributed by atoms with van der Waals surface area (Å²) in [5.41, 5.74) is 7.31. The van der Waals surface area contributed by atoms with Crippen molar-refractivity contribution in [1.29, 1.82) is 0 Å². The van der Waals surface area contributed by atoms with Crippen LogP contribution in [0.2, 0.25) is 0 Å². The summed E-state index contributed by atoms with van der Waals surface area (Å²) < 4.78 is 0. The Bertz CT molecular complexity index is 482. The molecule has 0 radical (unpaired) electrons. The van der Waals surface area contributed by atoms with Crippen LogP contribution >= 0.6 is 0 Å². The Morgan fingerprint density at radius 3 is 2.35 bits per heavy atom. The summed E-state index contributed by atoms with van der Waals surface area (Å²) in [6.45, 7) is 11.6. The summed E-state index contributed by atoms with van der Waals surface area (Å²) in [5, 5.41) is 3.52. The molecule has 0 saturated heterocycles. The van der Waals surface area contributed by atoms with Gasteiger partial charge in [0.25, 0.3) is 0 Å². The molecule has 1 aromatic rings. The van der Waals surface area contributed by atoms with Crippen molar-refractivity contribution in [2.24, 2.45) is 5.41 Å². The van der Waals surface area contributed by atoms with E-state index in [0.717, 1.165) is 23.8 Å². The van der Waals surface area contributed by atoms with Gasteiger partial charge in [-0.2, -0.15) is 0 Å². The zero-order chi connectivity index (χ0) is 15.0. The molecule has 112 valence electrons. The fourth-order valence-electron chi connectivity index (χ4n) is 2.74. The van der Waals surface area contributed by atoms with Crippen LogP contribution in [-0.4, -0.2) is 16.5 Å². The van der Waals surface area contributed by atoms with Crippen LogP contribution in [0, 0.1) is 12.3 Å². The lowest BCUT2D eigenvalue weighted by atomic mass is 9.89. The minimum atomic E-state index is -0.0878. The lowest BCUT2D eigenvalue weighted by Gasteiger charge is -2.26. The molecule has 20 heavy (non-hydrogen) atoms. The van der Waals surface area contributed by atoms with Crippen LogP contribution in [0.3, 0.4) is 0 Å². The Morgan fingerprint density at radius 1 is 1.20 bits per heavy atom. The van der Waals surface area contributed by atoms with Gasteiger partial charge >= 0.3 is 0 Å². The van der Waals surface area contributed by atoms with Crippen molar-refractivity contribution in [2.75, 3.05) is 17.6 Å². The van der Waals surface area contributed by atoms with Gasteiger partial charge in [0.05, 0.1) is 0 Å². The van der Waals surface area contributed by atoms with E-state index in [1.165, 1.54) is 25.7 Å². The lowest BCUT2D eigenvalue weighted by Crippen LogP contribution is -2.25. The van der Waals surface area contributed by atoms with Crippen molar-refractivity contribution >= 4 is 11.6 Å². The van der Waals surface area contributed by atoms with Gasteiger partial charge in [-0.1, -0.05) is 40.5 Å². The van der Waals surface area contributed by atoms with Crippen LogP contribution in [0.5, 0.6) is 0 Å². The third kappa shape index (κ3) is 3.22. The standard InChI is InChI=1S/C16H28N4/c1-11-12(17)19-14(15(2,3)4)20-13(11)18-10-16(5)8-6-7-9-16/h6-10H2,1-5H3,(H3,17,18,19,20). The summed E-state index contributed by atoms with van der Waals surface area (Å²) in [5.74, 6) is 2.29. The van der Waals surface area contributed by atoms with Crippen molar-refractivity contribution in [1.82, 2.24) is 9.97 Å². The molecule has 0 spiro atoms. The van der Waals surface area contributed by atoms with Crippen molar-refractivity contribution < 1.29 is 0 Å². The quantitative estimate of drug-likeness (QED) is 0.884. The highest BCUT2D eigenvalue weighted by molar-refractivity contribution is 5.55. The average Bonchev–Trinajstić information content (AvgIpc) is 2.77. The van der Waals surface area contributed by atoms with Gasteiger partial charge in [0.15, 0.2) is 0 Å². The first-order chi connectivity index (χ1) is 9.21. The zero-order valence-electron chi connectivity index (χ0n) is 13.5. The Kier molecular flexibility index (Phi) is 3.94. The fraction of sp³-hybridized carbons (Fsp3) is 0.750. The van der Waals surface area contributed by atoms with Crippen LogP contribution in [0.15, 0.2) is 0 Å². The van der Waals surface area contributed by atoms with Gasteiger partial charge in [0.1, 0.15) is 17.5 Å². The van der Waals surface area contributed by atoms with Crippen molar-refractivity contribution in [2.45, 2.75) is 65.7 Å². The third-order valence-corrected chi connectivity index (χ3v) is 4.35. The average molecular weight is 276 g/mol. The second-order valence-electron chi connectivity index (χ2n) is 7.53. The summed E-state index contributed by atoms with van der Waals surface area (Å²) in [4.78, 5) is 9.12. The molecule has 0 atom stereocenters. The fourth-order valence-corrected chi connectivity index (χ4v) is 2.74. The molecule has 1 saturated carbocycles. The van der Waals surface area contributed by atoms with E-state index in [-0.39, 0.29) is 5.41 Å². The number of aromatic nitrogens is 2. The molecule has 4 nitrogen and oxygen atoms in total. The van der Waals surface area contributed by atoms with Crippen molar-refractivity contribution in [3.8, 4) is 0 Å². The van der Waals surface area contributed by atoms with Gasteiger partial charge in [0, 0.05) is 17.5 Å². The number of nitrogens with one attached hydrogen (secondary N) is 1. The van der Waals surface area contributed by atoms with Gasteiger partial charge < -0.3 is 11.1 Å². The van der Waals surface area contributed by atoms with Crippen LogP contribution in [0.4, 0.5) is 11.6 Å². The first-order valence-corrected chi connectivity index (χ1v) is 7.60. The number of rotatable bonds is 3. The minimum Gasteiger partial charge on any atom is -0.383 e. The Hall–Kier alpha value is -1.32. The zero-order valence-corrected chi connectivity index (χ0v) is 13.5. The molecule has 0 amide bonds. The Labute approximate surface area is 122 Å². The van der Waals surface area contributed by atoms with E-state index in [1.807, 2.05) is 6.92 Å². The molecule has 1 aliphatic rings. The molecule has 1 heterocycles. The maximum absolute atomic E-state index is 6.04. The Balaban J connectivity index is 2.20. The van der Waals surface area contributed by atoms with E-state index >= 15 is 0 Å². The molecular weight excluding hydrogens is 248 g/mol. The van der Waals surface area contributed by atoms with E-state index in [0.29, 0.717) is 11.2 Å². The van der Waals surface area contributed by atoms with Crippen molar-refractivity contribution in [3.63, 3.8) is 0 Å². The number of nitrogens with two attached hydrogens (primary N) is 1. The SMILES string of the molecule is Cc1c(N)nc(C(C)(C)C)nc1NCC1(C)CCCC1. The van der Waals surface area contributed by atoms with E-state index in [4.69, 9.17) is 10.7 Å². The number of anilines is 2. The molecule has 1 aliphatic carbocycles. The predicted octanol–water partition coefficient (Wildman–Crippen LogP) is 3.66. The van der Waals surface area contributed by atoms with E-state index in [2.05, 4.69) is 38.0 Å². The number of nitrogen functional groups attached to an aromatic ring is 1. The number of hydrogen-bond donors (Lipinski definition) is 2. The first kappa shape index (κ1) is 15.1. The van der Waals surface area contributed by atoms with Gasteiger partial charge in [-0.3, -0.25) is 0 Å². The number of nitrogens with zero attached hydrogens (tertiary/aromatic N) is 2. The Morgan fingerprint density at radius 2 is 1.80 bits per heavy atom. The van der Waals surface area contributed by atoms with E-state index < -0.39 is 0 Å². The van der Waals surface area contributed by atoms with Crippen LogP contribution < -0.4 is 11.1 Å². The summed E-state index contributed by atoms with van der Waals surface area (Å²) >= 11 is 0. The molecular formula is C16H28N4. The third-order valence-electron chi connectivity index (χ3n) is 4.35. The summed E-state index contributed by atoms with van der Waals surface area (Å²) in [6.07, 6.45) is 5.28. The van der Waals surface area contributed by atoms with Crippen LogP contribution in [0.25, 0.3) is 0 Å². The highest BCUT2D eigenvalue weighted by Gasteiger charge is 2.29. The maximum Gasteiger partial charge on any atom is 0.138 e. The molecule has 0 bridgehead atoms. The first-order valence-electron chi connectivity index (χ1n) is 7.60. The van der Waals surface area contributed by atoms with Gasteiger partial charge in [-0.05, 0) is 25.2 Å². The summed E-state index contributed by atoms with van der Waals surface area (Å²) in [6, 6.07) is 0. The predicted molar refractivity (Wildman–Crippen MR) is 84.9 cm³/mol. The number of hydrogen-bond acceptors (Lipinski definition) is 4. The second-order valence-corrected chi connectivity index (χ2v) is 7.53. The molecule has 3 N–H and O–H groups in total. The molecule has 0 unspecified atom stereocenters. The molecule has 0 aromatic carbocycles. The van der Waals surface area contributed by atoms with Gasteiger partial charge in [-0.25, -0.2) is 9.97 Å². The molecule has 1 fully saturated rings. The highest BCUT2D eigenvalue weighted by atomic mass is 15.1. The largest absolute Gasteiger partial charge is 0.383 e. The molecule has 1 aromatic heterocycles. The van der Waals surface area contributed by atoms with Gasteiger partial charge in [-0.15, -0.1) is 0 Å². The van der Waals surface area contributed by atoms with Crippen molar-refractivity contribution in [3.05, 3.63) is 11.4 Å². The van der Waals surface area contributed by atoms with Crippen LogP contribution in [0.1, 0.15) is 64.8 Å². The van der Waals surface area contributed by atoms with Crippen LogP contribution in [-0.2, 0) is 5.41 Å². The van der Waals surface area contributed by atoms with E-state index in [9.17, 15) is 0 Å². The highest BCUT2D eigenvalue weighted by Crippen LogP contribution is 2.37. The van der Waals surface area contributed by atoms with E-state index in [1.54, 1.807) is 0 Å².